The van der Waals surface area contributed by atoms with Crippen molar-refractivity contribution in [1.29, 1.82) is 0 Å². The van der Waals surface area contributed by atoms with Crippen LogP contribution in [-0.2, 0) is 11.2 Å². The van der Waals surface area contributed by atoms with E-state index >= 15 is 0 Å². The Kier molecular flexibility index (Phi) is 5.78. The molecule has 1 heterocycles. The molecular formula is C21H28N4O. The maximum atomic E-state index is 13.0. The van der Waals surface area contributed by atoms with Gasteiger partial charge in [-0.1, -0.05) is 30.3 Å². The molecular weight excluding hydrogens is 324 g/mol. The van der Waals surface area contributed by atoms with E-state index in [2.05, 4.69) is 11.0 Å². The van der Waals surface area contributed by atoms with Gasteiger partial charge in [0, 0.05) is 25.0 Å². The molecule has 0 spiro atoms. The summed E-state index contributed by atoms with van der Waals surface area (Å²) in [6, 6.07) is 15.4. The number of para-hydroxylation sites is 1. The summed E-state index contributed by atoms with van der Waals surface area (Å²) in [4.78, 5) is 17.2. The average Bonchev–Trinajstić information content (AvgIpc) is 3.14. The zero-order valence-corrected chi connectivity index (χ0v) is 15.4. The fourth-order valence-electron chi connectivity index (χ4n) is 3.58. The van der Waals surface area contributed by atoms with Gasteiger partial charge in [-0.3, -0.25) is 4.79 Å². The minimum absolute atomic E-state index is 0.0194. The number of nitrogen functional groups attached to an aromatic ring is 2. The number of likely N-dealkylation sites (tertiary alicyclic amines) is 1. The zero-order valence-electron chi connectivity index (χ0n) is 15.4. The maximum Gasteiger partial charge on any atom is 0.227 e. The number of anilines is 2. The first-order valence-electron chi connectivity index (χ1n) is 9.21. The minimum atomic E-state index is -0.0194. The second kappa shape index (κ2) is 8.23. The molecule has 0 saturated carbocycles. The van der Waals surface area contributed by atoms with Crippen molar-refractivity contribution in [3.05, 3.63) is 59.7 Å². The highest BCUT2D eigenvalue weighted by Gasteiger charge is 2.26. The third-order valence-corrected chi connectivity index (χ3v) is 5.18. The molecule has 0 aromatic heterocycles. The fourth-order valence-corrected chi connectivity index (χ4v) is 3.58. The van der Waals surface area contributed by atoms with Crippen molar-refractivity contribution in [1.82, 2.24) is 9.80 Å². The van der Waals surface area contributed by atoms with Gasteiger partial charge in [-0.05, 0) is 55.3 Å². The number of carbonyl (C=O) groups excluding carboxylic acids is 1. The van der Waals surface area contributed by atoms with Crippen LogP contribution in [0.4, 0.5) is 11.4 Å². The van der Waals surface area contributed by atoms with Gasteiger partial charge in [0.05, 0.1) is 12.5 Å². The summed E-state index contributed by atoms with van der Waals surface area (Å²) >= 11 is 0. The largest absolute Gasteiger partial charge is 0.399 e. The van der Waals surface area contributed by atoms with Crippen molar-refractivity contribution in [2.75, 3.05) is 38.1 Å². The highest BCUT2D eigenvalue weighted by Crippen LogP contribution is 2.25. The number of carbonyl (C=O) groups is 1. The van der Waals surface area contributed by atoms with Crippen molar-refractivity contribution in [2.24, 2.45) is 0 Å². The minimum Gasteiger partial charge on any atom is -0.399 e. The third-order valence-electron chi connectivity index (χ3n) is 5.18. The van der Waals surface area contributed by atoms with E-state index < -0.39 is 0 Å². The van der Waals surface area contributed by atoms with Crippen LogP contribution in [0.3, 0.4) is 0 Å². The number of benzene rings is 2. The summed E-state index contributed by atoms with van der Waals surface area (Å²) in [5, 5.41) is 0. The zero-order chi connectivity index (χ0) is 18.5. The molecule has 1 aliphatic heterocycles. The van der Waals surface area contributed by atoms with Crippen molar-refractivity contribution >= 4 is 17.3 Å². The molecule has 5 heteroatoms. The number of likely N-dealkylation sites (N-methyl/N-ethyl adjacent to an activating group) is 1. The monoisotopic (exact) mass is 352 g/mol. The van der Waals surface area contributed by atoms with Gasteiger partial charge in [-0.25, -0.2) is 0 Å². The topological polar surface area (TPSA) is 75.6 Å². The molecule has 1 fully saturated rings. The predicted octanol–water partition coefficient (Wildman–Crippen LogP) is 2.69. The molecule has 3 rings (SSSR count). The first-order chi connectivity index (χ1) is 12.5. The van der Waals surface area contributed by atoms with Crippen LogP contribution in [0, 0.1) is 0 Å². The number of hydrogen-bond acceptors (Lipinski definition) is 4. The summed E-state index contributed by atoms with van der Waals surface area (Å²) < 4.78 is 0. The molecule has 0 radical (unpaired) electrons. The van der Waals surface area contributed by atoms with E-state index in [-0.39, 0.29) is 11.9 Å². The van der Waals surface area contributed by atoms with Crippen LogP contribution < -0.4 is 11.5 Å². The Labute approximate surface area is 155 Å². The van der Waals surface area contributed by atoms with Gasteiger partial charge in [0.15, 0.2) is 0 Å². The van der Waals surface area contributed by atoms with Gasteiger partial charge in [0.2, 0.25) is 5.91 Å². The van der Waals surface area contributed by atoms with Crippen LogP contribution in [0.25, 0.3) is 0 Å². The quantitative estimate of drug-likeness (QED) is 0.784. The van der Waals surface area contributed by atoms with Gasteiger partial charge < -0.3 is 21.3 Å². The number of rotatable bonds is 6. The van der Waals surface area contributed by atoms with Crippen LogP contribution in [0.5, 0.6) is 0 Å². The summed E-state index contributed by atoms with van der Waals surface area (Å²) in [6.07, 6.45) is 2.76. The van der Waals surface area contributed by atoms with Gasteiger partial charge in [-0.2, -0.15) is 0 Å². The van der Waals surface area contributed by atoms with E-state index in [1.54, 1.807) is 0 Å². The van der Waals surface area contributed by atoms with Gasteiger partial charge in [0.1, 0.15) is 0 Å². The summed E-state index contributed by atoms with van der Waals surface area (Å²) in [6.45, 7) is 3.01. The lowest BCUT2D eigenvalue weighted by atomic mass is 10.0. The first-order valence-corrected chi connectivity index (χ1v) is 9.21. The maximum absolute atomic E-state index is 13.0. The van der Waals surface area contributed by atoms with Gasteiger partial charge in [-0.15, -0.1) is 0 Å². The summed E-state index contributed by atoms with van der Waals surface area (Å²) in [5.41, 5.74) is 15.3. The molecule has 1 aliphatic rings. The van der Waals surface area contributed by atoms with Crippen molar-refractivity contribution < 1.29 is 4.79 Å². The molecule has 26 heavy (non-hydrogen) atoms. The van der Waals surface area contributed by atoms with Crippen molar-refractivity contribution in [3.63, 3.8) is 0 Å². The molecule has 1 saturated heterocycles. The lowest BCUT2D eigenvalue weighted by Gasteiger charge is -2.32. The Balaban J connectivity index is 1.80. The second-order valence-corrected chi connectivity index (χ2v) is 7.07. The van der Waals surface area contributed by atoms with Crippen LogP contribution in [-0.4, -0.2) is 42.4 Å². The van der Waals surface area contributed by atoms with Crippen LogP contribution in [0.2, 0.25) is 0 Å². The number of nitrogens with zero attached hydrogens (tertiary/aromatic N) is 2. The van der Waals surface area contributed by atoms with E-state index in [9.17, 15) is 4.79 Å². The highest BCUT2D eigenvalue weighted by molar-refractivity contribution is 5.80. The van der Waals surface area contributed by atoms with Crippen LogP contribution >= 0.6 is 0 Å². The standard InChI is InChI=1S/C21H28N4O/c1-24(21(26)14-16-7-2-3-10-19(16)23)20(15-25-11-4-5-12-25)17-8-6-9-18(22)13-17/h2-3,6-10,13,20H,4-5,11-12,14-15,22-23H2,1H3/t20-/m1/s1. The first kappa shape index (κ1) is 18.3. The summed E-state index contributed by atoms with van der Waals surface area (Å²) in [7, 11) is 1.88. The van der Waals surface area contributed by atoms with E-state index in [1.807, 2.05) is 54.4 Å². The molecule has 5 nitrogen and oxygen atoms in total. The van der Waals surface area contributed by atoms with Crippen LogP contribution in [0.15, 0.2) is 48.5 Å². The molecule has 1 amide bonds. The number of hydrogen-bond donors (Lipinski definition) is 2. The fraction of sp³-hybridized carbons (Fsp3) is 0.381. The van der Waals surface area contributed by atoms with Crippen LogP contribution in [0.1, 0.15) is 30.0 Å². The van der Waals surface area contributed by atoms with Crippen molar-refractivity contribution in [3.8, 4) is 0 Å². The molecule has 0 unspecified atom stereocenters. The Bertz CT molecular complexity index is 755. The molecule has 0 bridgehead atoms. The second-order valence-electron chi connectivity index (χ2n) is 7.07. The van der Waals surface area contributed by atoms with E-state index in [1.165, 1.54) is 12.8 Å². The van der Waals surface area contributed by atoms with E-state index in [0.717, 1.165) is 36.4 Å². The lowest BCUT2D eigenvalue weighted by Crippen LogP contribution is -2.39. The normalized spacial score (nSPS) is 15.7. The molecule has 138 valence electrons. The Hall–Kier alpha value is -2.53. The number of amides is 1. The molecule has 0 aliphatic carbocycles. The third kappa shape index (κ3) is 4.35. The predicted molar refractivity (Wildman–Crippen MR) is 107 cm³/mol. The van der Waals surface area contributed by atoms with E-state index in [0.29, 0.717) is 12.1 Å². The van der Waals surface area contributed by atoms with Gasteiger partial charge in [0.25, 0.3) is 0 Å². The Morgan fingerprint density at radius 1 is 1.12 bits per heavy atom. The lowest BCUT2D eigenvalue weighted by molar-refractivity contribution is -0.131. The van der Waals surface area contributed by atoms with E-state index in [4.69, 9.17) is 11.5 Å². The Morgan fingerprint density at radius 2 is 1.85 bits per heavy atom. The van der Waals surface area contributed by atoms with Gasteiger partial charge >= 0.3 is 0 Å². The average molecular weight is 352 g/mol. The molecule has 1 atom stereocenters. The molecule has 2 aromatic rings. The molecule has 2 aromatic carbocycles. The highest BCUT2D eigenvalue weighted by atomic mass is 16.2. The SMILES string of the molecule is CN(C(=O)Cc1ccccc1N)[C@H](CN1CCCC1)c1cccc(N)c1. The summed E-state index contributed by atoms with van der Waals surface area (Å²) in [5.74, 6) is 0.0644. The number of nitrogens with two attached hydrogens (primary N) is 2. The van der Waals surface area contributed by atoms with Crippen molar-refractivity contribution in [2.45, 2.75) is 25.3 Å². The molecule has 4 N–H and O–H groups in total. The smallest absolute Gasteiger partial charge is 0.227 e. The Morgan fingerprint density at radius 3 is 2.54 bits per heavy atom.